The van der Waals surface area contributed by atoms with Crippen LogP contribution in [0.1, 0.15) is 64.8 Å². The maximum Gasteiger partial charge on any atom is 0.261 e. The molecule has 3 aromatic rings. The summed E-state index contributed by atoms with van der Waals surface area (Å²) in [7, 11) is 0. The Hall–Kier alpha value is -3.54. The second kappa shape index (κ2) is 8.67. The van der Waals surface area contributed by atoms with Gasteiger partial charge in [-0.2, -0.15) is 0 Å². The van der Waals surface area contributed by atoms with Crippen LogP contribution < -0.4 is 10.1 Å². The number of anilines is 1. The highest BCUT2D eigenvalue weighted by atomic mass is 19.1. The van der Waals surface area contributed by atoms with Gasteiger partial charge in [-0.25, -0.2) is 8.78 Å². The molecule has 6 heteroatoms. The van der Waals surface area contributed by atoms with E-state index in [1.807, 2.05) is 31.2 Å². The first kappa shape index (κ1) is 22.3. The van der Waals surface area contributed by atoms with E-state index < -0.39 is 23.1 Å². The highest BCUT2D eigenvalue weighted by Crippen LogP contribution is 2.44. The summed E-state index contributed by atoms with van der Waals surface area (Å²) >= 11 is 0. The van der Waals surface area contributed by atoms with Crippen molar-refractivity contribution in [2.24, 2.45) is 0 Å². The molecule has 1 amide bonds. The zero-order chi connectivity index (χ0) is 23.9. The molecule has 1 fully saturated rings. The van der Waals surface area contributed by atoms with E-state index in [2.05, 4.69) is 5.32 Å². The zero-order valence-electron chi connectivity index (χ0n) is 18.9. The van der Waals surface area contributed by atoms with Gasteiger partial charge in [0, 0.05) is 5.69 Å². The van der Waals surface area contributed by atoms with Gasteiger partial charge in [0.15, 0.2) is 5.78 Å². The molecule has 1 heterocycles. The zero-order valence-corrected chi connectivity index (χ0v) is 18.9. The Labute approximate surface area is 197 Å². The first-order valence-electron chi connectivity index (χ1n) is 11.6. The molecule has 5 rings (SSSR count). The number of hydrogen-bond acceptors (Lipinski definition) is 3. The summed E-state index contributed by atoms with van der Waals surface area (Å²) < 4.78 is 34.2. The number of fused-ring (bicyclic) bond motifs is 1. The van der Waals surface area contributed by atoms with Crippen LogP contribution in [0.5, 0.6) is 5.75 Å². The predicted molar refractivity (Wildman–Crippen MR) is 126 cm³/mol. The lowest BCUT2D eigenvalue weighted by Crippen LogP contribution is -2.43. The smallest absolute Gasteiger partial charge is 0.261 e. The maximum atomic E-state index is 13.9. The lowest BCUT2D eigenvalue weighted by molar-refractivity contribution is 0.0136. The van der Waals surface area contributed by atoms with Crippen molar-refractivity contribution < 1.29 is 23.1 Å². The Morgan fingerprint density at radius 1 is 0.941 bits per heavy atom. The summed E-state index contributed by atoms with van der Waals surface area (Å²) in [6, 6.07) is 14.1. The van der Waals surface area contributed by atoms with Gasteiger partial charge >= 0.3 is 0 Å². The van der Waals surface area contributed by atoms with Gasteiger partial charge in [-0.15, -0.1) is 0 Å². The molecular weight excluding hydrogens is 436 g/mol. The molecule has 1 saturated carbocycles. The van der Waals surface area contributed by atoms with Crippen molar-refractivity contribution in [2.45, 2.75) is 51.0 Å². The molecule has 0 atom stereocenters. The molecule has 0 radical (unpaired) electrons. The number of ether oxygens (including phenoxy) is 1. The highest BCUT2D eigenvalue weighted by Gasteiger charge is 2.41. The van der Waals surface area contributed by atoms with Crippen LogP contribution in [0.2, 0.25) is 0 Å². The third-order valence-corrected chi connectivity index (χ3v) is 6.84. The van der Waals surface area contributed by atoms with Crippen LogP contribution in [0.4, 0.5) is 14.5 Å². The Kier molecular flexibility index (Phi) is 5.68. The molecular formula is C28H25F2NO3. The molecule has 1 N–H and O–H groups in total. The number of Topliss-reactive ketones (excluding diaryl/α,β-unsaturated/α-hetero) is 1. The first-order chi connectivity index (χ1) is 16.3. The van der Waals surface area contributed by atoms with Crippen molar-refractivity contribution in [3.8, 4) is 16.9 Å². The van der Waals surface area contributed by atoms with E-state index in [0.717, 1.165) is 54.5 Å². The summed E-state index contributed by atoms with van der Waals surface area (Å²) in [5, 5.41) is 2.54. The van der Waals surface area contributed by atoms with Crippen molar-refractivity contribution in [3.63, 3.8) is 0 Å². The van der Waals surface area contributed by atoms with E-state index in [-0.39, 0.29) is 11.4 Å². The quantitative estimate of drug-likeness (QED) is 0.464. The van der Waals surface area contributed by atoms with E-state index in [1.54, 1.807) is 12.1 Å². The molecule has 174 valence electrons. The number of amides is 1. The minimum Gasteiger partial charge on any atom is -0.486 e. The Balaban J connectivity index is 1.40. The van der Waals surface area contributed by atoms with Crippen molar-refractivity contribution in [1.82, 2.24) is 0 Å². The first-order valence-corrected chi connectivity index (χ1v) is 11.6. The number of carbonyl (C=O) groups excluding carboxylic acids is 2. The van der Waals surface area contributed by atoms with E-state index in [0.29, 0.717) is 23.4 Å². The third kappa shape index (κ3) is 4.09. The highest BCUT2D eigenvalue weighted by molar-refractivity contribution is 6.05. The van der Waals surface area contributed by atoms with E-state index in [1.165, 1.54) is 12.5 Å². The summed E-state index contributed by atoms with van der Waals surface area (Å²) in [5.74, 6) is -1.91. The average molecular weight is 462 g/mol. The SMILES string of the molecule is Cc1cc2c(cc1-c1ccc(NC(=O)c3c(F)cccc3F)cc1)OC1(CCCCC1)CC2=O. The maximum absolute atomic E-state index is 13.9. The summed E-state index contributed by atoms with van der Waals surface area (Å²) in [4.78, 5) is 25.3. The molecule has 0 aromatic heterocycles. The second-order valence-corrected chi connectivity index (χ2v) is 9.24. The Morgan fingerprint density at radius 2 is 1.62 bits per heavy atom. The fraction of sp³-hybridized carbons (Fsp3) is 0.286. The van der Waals surface area contributed by atoms with Gasteiger partial charge in [-0.1, -0.05) is 24.6 Å². The minimum absolute atomic E-state index is 0.135. The lowest BCUT2D eigenvalue weighted by atomic mass is 9.78. The van der Waals surface area contributed by atoms with Crippen LogP contribution in [0.15, 0.2) is 54.6 Å². The number of nitrogens with one attached hydrogen (secondary N) is 1. The van der Waals surface area contributed by atoms with Crippen LogP contribution in [-0.2, 0) is 0 Å². The van der Waals surface area contributed by atoms with Gasteiger partial charge in [0.05, 0.1) is 12.0 Å². The molecule has 1 spiro atoms. The van der Waals surface area contributed by atoms with Crippen LogP contribution in [0, 0.1) is 18.6 Å². The van der Waals surface area contributed by atoms with E-state index >= 15 is 0 Å². The van der Waals surface area contributed by atoms with E-state index in [9.17, 15) is 18.4 Å². The van der Waals surface area contributed by atoms with Crippen molar-refractivity contribution in [2.75, 3.05) is 5.32 Å². The monoisotopic (exact) mass is 461 g/mol. The Morgan fingerprint density at radius 3 is 2.29 bits per heavy atom. The normalized spacial score (nSPS) is 16.6. The minimum atomic E-state index is -0.913. The van der Waals surface area contributed by atoms with Gasteiger partial charge in [0.2, 0.25) is 0 Å². The van der Waals surface area contributed by atoms with Crippen LogP contribution >= 0.6 is 0 Å². The Bertz CT molecular complexity index is 1260. The van der Waals surface area contributed by atoms with Crippen molar-refractivity contribution >= 4 is 17.4 Å². The molecule has 1 aliphatic heterocycles. The number of halogens is 2. The third-order valence-electron chi connectivity index (χ3n) is 6.84. The van der Waals surface area contributed by atoms with Crippen LogP contribution in [0.25, 0.3) is 11.1 Å². The number of hydrogen-bond donors (Lipinski definition) is 1. The number of aryl methyl sites for hydroxylation is 1. The fourth-order valence-electron chi connectivity index (χ4n) is 5.07. The topological polar surface area (TPSA) is 55.4 Å². The molecule has 0 bridgehead atoms. The van der Waals surface area contributed by atoms with Gasteiger partial charge in [-0.3, -0.25) is 9.59 Å². The summed E-state index contributed by atoms with van der Waals surface area (Å²) in [6.07, 6.45) is 5.57. The molecule has 34 heavy (non-hydrogen) atoms. The van der Waals surface area contributed by atoms with Crippen LogP contribution in [-0.4, -0.2) is 17.3 Å². The summed E-state index contributed by atoms with van der Waals surface area (Å²) in [6.45, 7) is 1.95. The van der Waals surface area contributed by atoms with Gasteiger partial charge in [0.1, 0.15) is 28.5 Å². The van der Waals surface area contributed by atoms with Crippen molar-refractivity contribution in [1.29, 1.82) is 0 Å². The van der Waals surface area contributed by atoms with Gasteiger partial charge in [0.25, 0.3) is 5.91 Å². The predicted octanol–water partition coefficient (Wildman–Crippen LogP) is 6.86. The van der Waals surface area contributed by atoms with Crippen molar-refractivity contribution in [3.05, 3.63) is 82.9 Å². The van der Waals surface area contributed by atoms with Gasteiger partial charge < -0.3 is 10.1 Å². The van der Waals surface area contributed by atoms with E-state index in [4.69, 9.17) is 4.74 Å². The molecule has 1 aliphatic carbocycles. The lowest BCUT2D eigenvalue weighted by Gasteiger charge is -2.41. The van der Waals surface area contributed by atoms with Gasteiger partial charge in [-0.05, 0) is 85.7 Å². The standard InChI is InChI=1S/C28H25F2NO3/c1-17-14-21-24(32)16-28(12-3-2-4-13-28)34-25(21)15-20(17)18-8-10-19(11-9-18)31-27(33)26-22(29)6-5-7-23(26)30/h5-11,14-15H,2-4,12-13,16H2,1H3,(H,31,33). The number of benzene rings is 3. The largest absolute Gasteiger partial charge is 0.486 e. The number of carbonyl (C=O) groups is 2. The second-order valence-electron chi connectivity index (χ2n) is 9.24. The summed E-state index contributed by atoms with van der Waals surface area (Å²) in [5.41, 5.74) is 2.81. The molecule has 0 saturated heterocycles. The van der Waals surface area contributed by atoms with Crippen LogP contribution in [0.3, 0.4) is 0 Å². The number of ketones is 1. The molecule has 2 aliphatic rings. The number of rotatable bonds is 3. The molecule has 4 nitrogen and oxygen atoms in total. The molecule has 0 unspecified atom stereocenters. The average Bonchev–Trinajstić information content (AvgIpc) is 2.80. The molecule has 3 aromatic carbocycles. The fourth-order valence-corrected chi connectivity index (χ4v) is 5.07.